The Labute approximate surface area is 70.0 Å². The molecule has 0 N–H and O–H groups in total. The van der Waals surface area contributed by atoms with Crippen LogP contribution in [0.4, 0.5) is 0 Å². The van der Waals surface area contributed by atoms with Gasteiger partial charge in [0.25, 0.3) is 0 Å². The molecule has 0 spiro atoms. The number of rotatable bonds is 2. The minimum Gasteiger partial charge on any atom is -0.266 e. The summed E-state index contributed by atoms with van der Waals surface area (Å²) in [4.78, 5) is 4.22. The number of aromatic nitrogens is 1. The summed E-state index contributed by atoms with van der Waals surface area (Å²) in [7, 11) is 0.712. The van der Waals surface area contributed by atoms with Crippen molar-refractivity contribution < 1.29 is 0 Å². The molecule has 0 aromatic carbocycles. The van der Waals surface area contributed by atoms with Crippen molar-refractivity contribution in [3.63, 3.8) is 0 Å². The van der Waals surface area contributed by atoms with Crippen LogP contribution in [-0.2, 0) is 0 Å². The van der Waals surface area contributed by atoms with E-state index in [2.05, 4.69) is 30.6 Å². The third-order valence-corrected chi connectivity index (χ3v) is 2.49. The van der Waals surface area contributed by atoms with Gasteiger partial charge < -0.3 is 0 Å². The summed E-state index contributed by atoms with van der Waals surface area (Å²) in [6.07, 6.45) is 1.83. The quantitative estimate of drug-likeness (QED) is 0.596. The molecule has 11 heavy (non-hydrogen) atoms. The highest BCUT2D eigenvalue weighted by molar-refractivity contribution is 6.57. The zero-order chi connectivity index (χ0) is 8.10. The van der Waals surface area contributed by atoms with Gasteiger partial charge in [-0.1, -0.05) is 17.3 Å². The second-order valence-corrected chi connectivity index (χ2v) is 3.67. The Morgan fingerprint density at radius 2 is 2.27 bits per heavy atom. The number of pyridine rings is 1. The summed E-state index contributed by atoms with van der Waals surface area (Å²) in [5.74, 6) is 0. The van der Waals surface area contributed by atoms with Gasteiger partial charge in [0.05, 0.1) is 0 Å². The average molecular weight is 161 g/mol. The van der Waals surface area contributed by atoms with Crippen molar-refractivity contribution in [2.24, 2.45) is 0 Å². The van der Waals surface area contributed by atoms with E-state index < -0.39 is 0 Å². The van der Waals surface area contributed by atoms with Gasteiger partial charge in [0, 0.05) is 11.5 Å². The van der Waals surface area contributed by atoms with Crippen LogP contribution in [0.25, 0.3) is 0 Å². The summed E-state index contributed by atoms with van der Waals surface area (Å²) >= 11 is 0. The number of hydrogen-bond donors (Lipinski definition) is 0. The molecule has 1 aromatic rings. The highest BCUT2D eigenvalue weighted by atomic mass is 28.2. The van der Waals surface area contributed by atoms with Crippen molar-refractivity contribution in [3.8, 4) is 0 Å². The van der Waals surface area contributed by atoms with Gasteiger partial charge in [-0.3, -0.25) is 4.98 Å². The number of nitrogens with zero attached hydrogens (tertiary/aromatic N) is 1. The van der Waals surface area contributed by atoms with Crippen LogP contribution in [0.5, 0.6) is 0 Å². The van der Waals surface area contributed by atoms with E-state index >= 15 is 0 Å². The van der Waals surface area contributed by atoms with Crippen LogP contribution >= 0.6 is 0 Å². The van der Waals surface area contributed by atoms with Gasteiger partial charge >= 0.3 is 0 Å². The van der Waals surface area contributed by atoms with Gasteiger partial charge in [0.15, 0.2) is 0 Å². The molecule has 0 unspecified atom stereocenters. The smallest absolute Gasteiger partial charge is 0.138 e. The normalized spacial score (nSPS) is 9.27. The molecule has 0 saturated heterocycles. The predicted molar refractivity (Wildman–Crippen MR) is 49.1 cm³/mol. The summed E-state index contributed by atoms with van der Waals surface area (Å²) in [5.41, 5.74) is 3.57. The third-order valence-electron chi connectivity index (χ3n) is 1.17. The molecule has 2 heteroatoms. The van der Waals surface area contributed by atoms with E-state index in [1.807, 2.05) is 18.3 Å². The summed E-state index contributed by atoms with van der Waals surface area (Å²) in [5, 5.41) is 1.16. The molecule has 0 aliphatic rings. The van der Waals surface area contributed by atoms with Gasteiger partial charge in [-0.25, -0.2) is 0 Å². The standard InChI is InChI=1S/C9H11NSi/c1-8(2)7-11-9-5-3-4-6-10-9/h3-7H,1-2H3. The molecule has 1 rings (SSSR count). The SMILES string of the molecule is CC(C)=C[Si]c1ccccn1. The fourth-order valence-electron chi connectivity index (χ4n) is 0.666. The Balaban J connectivity index is 2.59. The molecule has 1 nitrogen and oxygen atoms in total. The molecule has 2 radical (unpaired) electrons. The average Bonchev–Trinajstić information content (AvgIpc) is 2.03. The van der Waals surface area contributed by atoms with Gasteiger partial charge in [0.2, 0.25) is 0 Å². The largest absolute Gasteiger partial charge is 0.266 e. The van der Waals surface area contributed by atoms with E-state index in [1.54, 1.807) is 0 Å². The highest BCUT2D eigenvalue weighted by Gasteiger charge is 1.89. The van der Waals surface area contributed by atoms with Gasteiger partial charge in [-0.05, 0) is 26.0 Å². The van der Waals surface area contributed by atoms with Crippen molar-refractivity contribution in [2.75, 3.05) is 0 Å². The lowest BCUT2D eigenvalue weighted by molar-refractivity contribution is 1.38. The van der Waals surface area contributed by atoms with Crippen LogP contribution in [-0.4, -0.2) is 14.5 Å². The predicted octanol–water partition coefficient (Wildman–Crippen LogP) is 1.33. The van der Waals surface area contributed by atoms with E-state index in [4.69, 9.17) is 0 Å². The molecule has 0 aliphatic carbocycles. The highest BCUT2D eigenvalue weighted by Crippen LogP contribution is 1.85. The van der Waals surface area contributed by atoms with Crippen molar-refractivity contribution >= 4 is 14.8 Å². The lowest BCUT2D eigenvalue weighted by Crippen LogP contribution is -2.15. The van der Waals surface area contributed by atoms with Crippen molar-refractivity contribution in [3.05, 3.63) is 35.7 Å². The second-order valence-electron chi connectivity index (χ2n) is 2.58. The topological polar surface area (TPSA) is 12.9 Å². The zero-order valence-corrected chi connectivity index (χ0v) is 7.83. The van der Waals surface area contributed by atoms with Crippen LogP contribution in [0, 0.1) is 0 Å². The van der Waals surface area contributed by atoms with Crippen molar-refractivity contribution in [1.29, 1.82) is 0 Å². The molecule has 0 amide bonds. The molecular weight excluding hydrogens is 150 g/mol. The summed E-state index contributed by atoms with van der Waals surface area (Å²) in [6, 6.07) is 6.02. The first kappa shape index (κ1) is 8.21. The minimum atomic E-state index is 0.712. The molecule has 0 fully saturated rings. The molecule has 0 atom stereocenters. The second kappa shape index (κ2) is 4.08. The number of allylic oxidation sites excluding steroid dienone is 1. The molecular formula is C9H11NSi. The summed E-state index contributed by atoms with van der Waals surface area (Å²) in [6.45, 7) is 4.21. The van der Waals surface area contributed by atoms with Crippen LogP contribution in [0.3, 0.4) is 0 Å². The lowest BCUT2D eigenvalue weighted by Gasteiger charge is -1.92. The monoisotopic (exact) mass is 161 g/mol. The van der Waals surface area contributed by atoms with E-state index in [-0.39, 0.29) is 0 Å². The Hall–Kier alpha value is -0.893. The molecule has 0 saturated carbocycles. The number of hydrogen-bond acceptors (Lipinski definition) is 1. The van der Waals surface area contributed by atoms with Gasteiger partial charge in [-0.15, -0.1) is 0 Å². The van der Waals surface area contributed by atoms with Crippen molar-refractivity contribution in [2.45, 2.75) is 13.8 Å². The first-order valence-electron chi connectivity index (χ1n) is 3.60. The maximum atomic E-state index is 4.22. The lowest BCUT2D eigenvalue weighted by atomic mass is 10.4. The first-order valence-corrected chi connectivity index (χ1v) is 4.68. The molecule has 1 aromatic heterocycles. The molecule has 56 valence electrons. The minimum absolute atomic E-state index is 0.712. The van der Waals surface area contributed by atoms with Gasteiger partial charge in [-0.2, -0.15) is 0 Å². The van der Waals surface area contributed by atoms with Crippen LogP contribution < -0.4 is 5.32 Å². The maximum absolute atomic E-state index is 4.22. The zero-order valence-electron chi connectivity index (χ0n) is 6.83. The Kier molecular flexibility index (Phi) is 3.05. The van der Waals surface area contributed by atoms with Crippen molar-refractivity contribution in [1.82, 2.24) is 4.98 Å². The van der Waals surface area contributed by atoms with E-state index in [1.165, 1.54) is 5.57 Å². The molecule has 0 bridgehead atoms. The van der Waals surface area contributed by atoms with Crippen LogP contribution in [0.1, 0.15) is 13.8 Å². The fourth-order valence-corrected chi connectivity index (χ4v) is 1.44. The Bertz CT molecular complexity index is 237. The maximum Gasteiger partial charge on any atom is 0.138 e. The molecule has 1 heterocycles. The summed E-state index contributed by atoms with van der Waals surface area (Å²) < 4.78 is 0. The van der Waals surface area contributed by atoms with E-state index in [9.17, 15) is 0 Å². The van der Waals surface area contributed by atoms with Crippen LogP contribution in [0.15, 0.2) is 35.7 Å². The van der Waals surface area contributed by atoms with E-state index in [0.717, 1.165) is 5.32 Å². The Morgan fingerprint density at radius 1 is 1.45 bits per heavy atom. The first-order chi connectivity index (χ1) is 5.29. The molecule has 0 aliphatic heterocycles. The third kappa shape index (κ3) is 3.14. The Morgan fingerprint density at radius 3 is 2.82 bits per heavy atom. The fraction of sp³-hybridized carbons (Fsp3) is 0.222. The van der Waals surface area contributed by atoms with E-state index in [0.29, 0.717) is 9.52 Å². The van der Waals surface area contributed by atoms with Gasteiger partial charge in [0.1, 0.15) is 9.52 Å². The van der Waals surface area contributed by atoms with Crippen LogP contribution in [0.2, 0.25) is 0 Å².